The number of halogens is 1. The van der Waals surface area contributed by atoms with Gasteiger partial charge in [0.1, 0.15) is 0 Å². The largest absolute Gasteiger partial charge is 0.435 e. The molecule has 0 spiro atoms. The summed E-state index contributed by atoms with van der Waals surface area (Å²) in [7, 11) is 0. The third-order valence-electron chi connectivity index (χ3n) is 3.07. The zero-order chi connectivity index (χ0) is 18.4. The molecule has 9 nitrogen and oxygen atoms in total. The molecule has 0 radical (unpaired) electrons. The van der Waals surface area contributed by atoms with Gasteiger partial charge in [0.25, 0.3) is 0 Å². The molecule has 0 saturated heterocycles. The van der Waals surface area contributed by atoms with Crippen LogP contribution in [0.15, 0.2) is 64.2 Å². The molecule has 0 fully saturated rings. The SMILES string of the molecule is Nc1nonc1C(=Nc1ccc(Cl)cc1)NOC(=O)Nc1ccccc1. The fourth-order valence-corrected chi connectivity index (χ4v) is 2.01. The van der Waals surface area contributed by atoms with Gasteiger partial charge in [-0.3, -0.25) is 5.32 Å². The van der Waals surface area contributed by atoms with Crippen LogP contribution in [0.5, 0.6) is 0 Å². The van der Waals surface area contributed by atoms with Crippen molar-refractivity contribution in [3.63, 3.8) is 0 Å². The predicted molar refractivity (Wildman–Crippen MR) is 96.0 cm³/mol. The molecule has 3 aromatic rings. The summed E-state index contributed by atoms with van der Waals surface area (Å²) in [5.41, 5.74) is 9.27. The summed E-state index contributed by atoms with van der Waals surface area (Å²) in [4.78, 5) is 21.2. The van der Waals surface area contributed by atoms with Crippen LogP contribution in [-0.2, 0) is 4.84 Å². The van der Waals surface area contributed by atoms with E-state index in [0.29, 0.717) is 16.4 Å². The van der Waals surface area contributed by atoms with Gasteiger partial charge in [-0.1, -0.05) is 29.8 Å². The number of aromatic nitrogens is 2. The molecule has 1 amide bonds. The molecule has 10 heteroatoms. The van der Waals surface area contributed by atoms with E-state index in [4.69, 9.17) is 22.2 Å². The molecule has 1 aromatic heterocycles. The Morgan fingerprint density at radius 2 is 1.85 bits per heavy atom. The minimum atomic E-state index is -0.755. The van der Waals surface area contributed by atoms with Gasteiger partial charge in [-0.15, -0.1) is 0 Å². The lowest BCUT2D eigenvalue weighted by molar-refractivity contribution is 0.135. The van der Waals surface area contributed by atoms with Crippen molar-refractivity contribution in [1.82, 2.24) is 15.8 Å². The van der Waals surface area contributed by atoms with E-state index in [9.17, 15) is 4.79 Å². The Hall–Kier alpha value is -3.59. The first-order chi connectivity index (χ1) is 12.6. The highest BCUT2D eigenvalue weighted by Crippen LogP contribution is 2.18. The van der Waals surface area contributed by atoms with Gasteiger partial charge in [0.15, 0.2) is 17.3 Å². The number of hydroxylamine groups is 1. The van der Waals surface area contributed by atoms with E-state index in [1.165, 1.54) is 0 Å². The first-order valence-electron chi connectivity index (χ1n) is 7.33. The maximum absolute atomic E-state index is 11.9. The monoisotopic (exact) mass is 372 g/mol. The van der Waals surface area contributed by atoms with Gasteiger partial charge in [0.05, 0.1) is 5.69 Å². The number of amidine groups is 1. The summed E-state index contributed by atoms with van der Waals surface area (Å²) in [6.07, 6.45) is -0.755. The second-order valence-electron chi connectivity index (χ2n) is 4.92. The molecule has 2 aromatic carbocycles. The van der Waals surface area contributed by atoms with E-state index >= 15 is 0 Å². The number of aliphatic imine (C=N–C) groups is 1. The molecular formula is C16H13ClN6O3. The first kappa shape index (κ1) is 17.2. The van der Waals surface area contributed by atoms with Crippen molar-refractivity contribution < 1.29 is 14.3 Å². The van der Waals surface area contributed by atoms with Gasteiger partial charge in [-0.05, 0) is 46.7 Å². The molecule has 1 heterocycles. The Morgan fingerprint density at radius 1 is 1.12 bits per heavy atom. The van der Waals surface area contributed by atoms with Gasteiger partial charge in [-0.25, -0.2) is 14.4 Å². The van der Waals surface area contributed by atoms with Crippen molar-refractivity contribution in [2.75, 3.05) is 11.1 Å². The van der Waals surface area contributed by atoms with E-state index in [-0.39, 0.29) is 17.3 Å². The van der Waals surface area contributed by atoms with Crippen LogP contribution in [-0.4, -0.2) is 22.2 Å². The number of nitrogen functional groups attached to an aromatic ring is 1. The fraction of sp³-hybridized carbons (Fsp3) is 0. The van der Waals surface area contributed by atoms with Crippen LogP contribution in [0.3, 0.4) is 0 Å². The van der Waals surface area contributed by atoms with Gasteiger partial charge in [0.2, 0.25) is 0 Å². The molecule has 26 heavy (non-hydrogen) atoms. The molecular weight excluding hydrogens is 360 g/mol. The number of hydrogen-bond donors (Lipinski definition) is 3. The molecule has 0 aliphatic carbocycles. The number of para-hydroxylation sites is 1. The van der Waals surface area contributed by atoms with E-state index in [1.807, 2.05) is 6.07 Å². The highest BCUT2D eigenvalue weighted by atomic mass is 35.5. The van der Waals surface area contributed by atoms with E-state index in [1.54, 1.807) is 48.5 Å². The lowest BCUT2D eigenvalue weighted by atomic mass is 10.3. The first-order valence-corrected chi connectivity index (χ1v) is 7.71. The van der Waals surface area contributed by atoms with Gasteiger partial charge < -0.3 is 10.6 Å². The Bertz CT molecular complexity index is 911. The molecule has 0 aliphatic rings. The van der Waals surface area contributed by atoms with Gasteiger partial charge in [0, 0.05) is 10.7 Å². The summed E-state index contributed by atoms with van der Waals surface area (Å²) in [5.74, 6) is 0.0200. The average molecular weight is 373 g/mol. The van der Waals surface area contributed by atoms with E-state index in [0.717, 1.165) is 0 Å². The third kappa shape index (κ3) is 4.48. The van der Waals surface area contributed by atoms with Crippen molar-refractivity contribution >= 4 is 40.7 Å². The Kier molecular flexibility index (Phi) is 5.30. The minimum absolute atomic E-state index is 0.0164. The number of benzene rings is 2. The lowest BCUT2D eigenvalue weighted by Gasteiger charge is -2.09. The van der Waals surface area contributed by atoms with E-state index < -0.39 is 6.09 Å². The summed E-state index contributed by atoms with van der Waals surface area (Å²) < 4.78 is 4.56. The topological polar surface area (TPSA) is 128 Å². The van der Waals surface area contributed by atoms with Crippen LogP contribution in [0.25, 0.3) is 0 Å². The van der Waals surface area contributed by atoms with Gasteiger partial charge >= 0.3 is 6.09 Å². The normalized spacial score (nSPS) is 11.0. The Balaban J connectivity index is 1.75. The van der Waals surface area contributed by atoms with Crippen molar-refractivity contribution in [2.24, 2.45) is 4.99 Å². The smallest absolute Gasteiger partial charge is 0.379 e. The Morgan fingerprint density at radius 3 is 2.50 bits per heavy atom. The zero-order valence-electron chi connectivity index (χ0n) is 13.2. The molecule has 0 atom stereocenters. The number of carbonyl (C=O) groups excluding carboxylic acids is 1. The second-order valence-corrected chi connectivity index (χ2v) is 5.35. The van der Waals surface area contributed by atoms with Crippen molar-refractivity contribution in [1.29, 1.82) is 0 Å². The number of nitrogens with one attached hydrogen (secondary N) is 2. The number of amides is 1. The van der Waals surface area contributed by atoms with Gasteiger partial charge in [-0.2, -0.15) is 5.48 Å². The molecule has 0 saturated carbocycles. The maximum Gasteiger partial charge on any atom is 0.435 e. The third-order valence-corrected chi connectivity index (χ3v) is 3.32. The summed E-state index contributed by atoms with van der Waals surface area (Å²) in [6.45, 7) is 0. The molecule has 3 rings (SSSR count). The number of nitrogens with two attached hydrogens (primary N) is 1. The molecule has 4 N–H and O–H groups in total. The van der Waals surface area contributed by atoms with Crippen molar-refractivity contribution in [2.45, 2.75) is 0 Å². The number of hydrogen-bond acceptors (Lipinski definition) is 7. The number of carbonyl (C=O) groups is 1. The average Bonchev–Trinajstić information content (AvgIpc) is 3.07. The quantitative estimate of drug-likeness (QED) is 0.366. The minimum Gasteiger partial charge on any atom is -0.379 e. The van der Waals surface area contributed by atoms with Crippen LogP contribution in [0, 0.1) is 0 Å². The van der Waals surface area contributed by atoms with Crippen LogP contribution in [0.2, 0.25) is 5.02 Å². The van der Waals surface area contributed by atoms with Crippen LogP contribution < -0.4 is 16.5 Å². The predicted octanol–water partition coefficient (Wildman–Crippen LogP) is 3.14. The van der Waals surface area contributed by atoms with Crippen LogP contribution >= 0.6 is 11.6 Å². The molecule has 0 bridgehead atoms. The van der Waals surface area contributed by atoms with Crippen LogP contribution in [0.4, 0.5) is 22.0 Å². The highest BCUT2D eigenvalue weighted by molar-refractivity contribution is 6.30. The molecule has 132 valence electrons. The lowest BCUT2D eigenvalue weighted by Crippen LogP contribution is -2.31. The fourth-order valence-electron chi connectivity index (χ4n) is 1.89. The second kappa shape index (κ2) is 7.99. The van der Waals surface area contributed by atoms with Crippen molar-refractivity contribution in [3.8, 4) is 0 Å². The zero-order valence-corrected chi connectivity index (χ0v) is 14.0. The molecule has 0 aliphatic heterocycles. The number of rotatable bonds is 3. The number of anilines is 2. The summed E-state index contributed by atoms with van der Waals surface area (Å²) >= 11 is 5.85. The molecule has 0 unspecified atom stereocenters. The summed E-state index contributed by atoms with van der Waals surface area (Å²) in [5, 5.41) is 10.2. The van der Waals surface area contributed by atoms with Crippen LogP contribution in [0.1, 0.15) is 5.69 Å². The van der Waals surface area contributed by atoms with E-state index in [2.05, 4.69) is 30.7 Å². The standard InChI is InChI=1S/C16H13ClN6O3/c17-10-6-8-12(9-7-10)19-15(13-14(18)22-26-21-13)23-25-16(24)20-11-4-2-1-3-5-11/h1-9H,(H2,18,22)(H,19,23)(H,20,24). The Labute approximate surface area is 152 Å². The summed E-state index contributed by atoms with van der Waals surface area (Å²) in [6, 6.07) is 15.4. The highest BCUT2D eigenvalue weighted by Gasteiger charge is 2.16. The number of nitrogens with zero attached hydrogens (tertiary/aromatic N) is 3. The maximum atomic E-state index is 11.9. The van der Waals surface area contributed by atoms with Crippen molar-refractivity contribution in [3.05, 3.63) is 65.3 Å².